The lowest BCUT2D eigenvalue weighted by Gasteiger charge is -2.20. The van der Waals surface area contributed by atoms with E-state index in [0.717, 1.165) is 5.56 Å². The Morgan fingerprint density at radius 3 is 2.52 bits per heavy atom. The van der Waals surface area contributed by atoms with Gasteiger partial charge in [-0.1, -0.05) is 6.07 Å². The number of hydrogen-bond acceptors (Lipinski definition) is 4. The van der Waals surface area contributed by atoms with Gasteiger partial charge >= 0.3 is 0 Å². The number of aromatic nitrogens is 2. The molecule has 0 saturated heterocycles. The molecule has 0 spiro atoms. The summed E-state index contributed by atoms with van der Waals surface area (Å²) in [5.41, 5.74) is 0.681. The normalized spacial score (nSPS) is 12.3. The molecule has 0 atom stereocenters. The number of aliphatic hydroxyl groups excluding tert-OH is 1. The van der Waals surface area contributed by atoms with Crippen LogP contribution in [0.3, 0.4) is 0 Å². The molecule has 0 amide bonds. The van der Waals surface area contributed by atoms with Gasteiger partial charge in [-0.2, -0.15) is 5.10 Å². The van der Waals surface area contributed by atoms with E-state index in [0.29, 0.717) is 16.6 Å². The zero-order chi connectivity index (χ0) is 15.8. The molecule has 114 valence electrons. The van der Waals surface area contributed by atoms with Crippen LogP contribution in [-0.4, -0.2) is 26.6 Å². The molecule has 2 rings (SSSR count). The van der Waals surface area contributed by atoms with Crippen molar-refractivity contribution in [3.63, 3.8) is 0 Å². The van der Waals surface area contributed by atoms with Gasteiger partial charge in [-0.25, -0.2) is 0 Å². The monoisotopic (exact) mass is 290 g/mol. The Balaban J connectivity index is 2.81. The highest BCUT2D eigenvalue weighted by Gasteiger charge is 2.19. The van der Waals surface area contributed by atoms with Crippen LogP contribution in [-0.2, 0) is 12.0 Å². The summed E-state index contributed by atoms with van der Waals surface area (Å²) in [6.45, 7) is 7.28. The van der Waals surface area contributed by atoms with Gasteiger partial charge in [0.05, 0.1) is 11.1 Å². The Kier molecular flexibility index (Phi) is 4.16. The topological polar surface area (TPSA) is 75.3 Å². The average Bonchev–Trinajstić information content (AvgIpc) is 2.40. The zero-order valence-electron chi connectivity index (χ0n) is 12.9. The van der Waals surface area contributed by atoms with Gasteiger partial charge in [-0.3, -0.25) is 9.48 Å². The van der Waals surface area contributed by atoms with E-state index in [4.69, 9.17) is 5.11 Å². The number of nitrogens with zero attached hydrogens (tertiary/aromatic N) is 2. The summed E-state index contributed by atoms with van der Waals surface area (Å²) in [6.07, 6.45) is 0.245. The fourth-order valence-corrected chi connectivity index (χ4v) is 2.34. The summed E-state index contributed by atoms with van der Waals surface area (Å²) < 4.78 is 1.77. The maximum absolute atomic E-state index is 12.4. The highest BCUT2D eigenvalue weighted by atomic mass is 16.3. The van der Waals surface area contributed by atoms with Crippen LogP contribution >= 0.6 is 0 Å². The van der Waals surface area contributed by atoms with Crippen molar-refractivity contribution in [2.45, 2.75) is 45.8 Å². The summed E-state index contributed by atoms with van der Waals surface area (Å²) in [4.78, 5) is 12.4. The van der Waals surface area contributed by atoms with Crippen molar-refractivity contribution >= 4 is 10.9 Å². The Hall–Kier alpha value is -1.72. The van der Waals surface area contributed by atoms with Gasteiger partial charge in [-0.15, -0.1) is 0 Å². The van der Waals surface area contributed by atoms with E-state index in [1.54, 1.807) is 30.7 Å². The van der Waals surface area contributed by atoms with E-state index in [2.05, 4.69) is 5.10 Å². The first-order valence-corrected chi connectivity index (χ1v) is 7.15. The maximum atomic E-state index is 12.4. The third-order valence-corrected chi connectivity index (χ3v) is 3.52. The molecule has 0 aliphatic heterocycles. The molecule has 0 aliphatic rings. The quantitative estimate of drug-likeness (QED) is 0.899. The number of hydrogen-bond donors (Lipinski definition) is 2. The predicted octanol–water partition coefficient (Wildman–Crippen LogP) is 1.74. The first-order valence-electron chi connectivity index (χ1n) is 7.15. The summed E-state index contributed by atoms with van der Waals surface area (Å²) in [6, 6.07) is 5.37. The molecule has 1 aromatic carbocycles. The Labute approximate surface area is 123 Å². The van der Waals surface area contributed by atoms with E-state index in [9.17, 15) is 9.90 Å². The predicted molar refractivity (Wildman–Crippen MR) is 82.4 cm³/mol. The maximum Gasteiger partial charge on any atom is 0.211 e. The van der Waals surface area contributed by atoms with E-state index in [-0.39, 0.29) is 24.5 Å². The van der Waals surface area contributed by atoms with Crippen LogP contribution in [0.1, 0.15) is 45.0 Å². The minimum atomic E-state index is -0.976. The van der Waals surface area contributed by atoms with Gasteiger partial charge in [0.25, 0.3) is 0 Å². The first kappa shape index (κ1) is 15.7. The minimum Gasteiger partial charge on any atom is -0.396 e. The lowest BCUT2D eigenvalue weighted by molar-refractivity contribution is 0.0787. The SMILES string of the molecule is CC(C)n1nc(CCO)c(=O)c2ccc(C(C)(C)O)cc21. The van der Waals surface area contributed by atoms with E-state index in [1.807, 2.05) is 19.9 Å². The molecular formula is C16H22N2O3. The van der Waals surface area contributed by atoms with E-state index >= 15 is 0 Å². The molecule has 2 aromatic rings. The molecule has 0 fully saturated rings. The fraction of sp³-hybridized carbons (Fsp3) is 0.500. The van der Waals surface area contributed by atoms with Gasteiger partial charge in [-0.05, 0) is 45.4 Å². The Bertz CT molecular complexity index is 712. The molecule has 1 heterocycles. The molecule has 5 nitrogen and oxygen atoms in total. The van der Waals surface area contributed by atoms with Gasteiger partial charge in [0, 0.05) is 24.5 Å². The van der Waals surface area contributed by atoms with Crippen LogP contribution in [0.25, 0.3) is 10.9 Å². The molecule has 1 aromatic heterocycles. The minimum absolute atomic E-state index is 0.0718. The van der Waals surface area contributed by atoms with Crippen molar-refractivity contribution in [1.82, 2.24) is 9.78 Å². The first-order chi connectivity index (χ1) is 9.75. The van der Waals surface area contributed by atoms with Gasteiger partial charge < -0.3 is 10.2 Å². The second kappa shape index (κ2) is 5.58. The van der Waals surface area contributed by atoms with Crippen molar-refractivity contribution in [3.8, 4) is 0 Å². The van der Waals surface area contributed by atoms with Crippen LogP contribution in [0, 0.1) is 0 Å². The zero-order valence-corrected chi connectivity index (χ0v) is 12.9. The summed E-state index contributed by atoms with van der Waals surface area (Å²) in [7, 11) is 0. The molecule has 0 radical (unpaired) electrons. The molecule has 21 heavy (non-hydrogen) atoms. The van der Waals surface area contributed by atoms with Crippen molar-refractivity contribution in [3.05, 3.63) is 39.7 Å². The summed E-state index contributed by atoms with van der Waals surface area (Å²) in [5.74, 6) is 0. The van der Waals surface area contributed by atoms with E-state index < -0.39 is 5.60 Å². The molecule has 2 N–H and O–H groups in total. The third kappa shape index (κ3) is 2.99. The van der Waals surface area contributed by atoms with Crippen LogP contribution in [0.15, 0.2) is 23.0 Å². The number of aliphatic hydroxyl groups is 2. The van der Waals surface area contributed by atoms with Crippen LogP contribution in [0.2, 0.25) is 0 Å². The lowest BCUT2D eigenvalue weighted by atomic mass is 9.97. The van der Waals surface area contributed by atoms with Crippen molar-refractivity contribution in [2.24, 2.45) is 0 Å². The standard InChI is InChI=1S/C16H22N2O3/c1-10(2)18-14-9-11(16(3,4)21)5-6-12(14)15(20)13(17-18)7-8-19/h5-6,9-10,19,21H,7-8H2,1-4H3. The number of benzene rings is 1. The average molecular weight is 290 g/mol. The highest BCUT2D eigenvalue weighted by molar-refractivity contribution is 5.80. The largest absolute Gasteiger partial charge is 0.396 e. The number of fused-ring (bicyclic) bond motifs is 1. The molecule has 5 heteroatoms. The molecule has 0 aliphatic carbocycles. The van der Waals surface area contributed by atoms with Crippen molar-refractivity contribution < 1.29 is 10.2 Å². The Morgan fingerprint density at radius 2 is 2.00 bits per heavy atom. The molecular weight excluding hydrogens is 268 g/mol. The van der Waals surface area contributed by atoms with Crippen molar-refractivity contribution in [2.75, 3.05) is 6.61 Å². The van der Waals surface area contributed by atoms with Crippen LogP contribution < -0.4 is 5.43 Å². The second-order valence-corrected chi connectivity index (χ2v) is 6.08. The van der Waals surface area contributed by atoms with Crippen LogP contribution in [0.5, 0.6) is 0 Å². The fourth-order valence-electron chi connectivity index (χ4n) is 2.34. The number of rotatable bonds is 4. The highest BCUT2D eigenvalue weighted by Crippen LogP contribution is 2.24. The van der Waals surface area contributed by atoms with Gasteiger partial charge in [0.1, 0.15) is 5.69 Å². The molecule has 0 bridgehead atoms. The van der Waals surface area contributed by atoms with Gasteiger partial charge in [0.2, 0.25) is 5.43 Å². The van der Waals surface area contributed by atoms with Gasteiger partial charge in [0.15, 0.2) is 0 Å². The summed E-state index contributed by atoms with van der Waals surface area (Å²) in [5, 5.41) is 24.2. The smallest absolute Gasteiger partial charge is 0.211 e. The molecule has 0 saturated carbocycles. The lowest BCUT2D eigenvalue weighted by Crippen LogP contribution is -2.22. The third-order valence-electron chi connectivity index (χ3n) is 3.52. The Morgan fingerprint density at radius 1 is 1.33 bits per heavy atom. The van der Waals surface area contributed by atoms with Crippen LogP contribution in [0.4, 0.5) is 0 Å². The molecule has 0 unspecified atom stereocenters. The van der Waals surface area contributed by atoms with Crippen molar-refractivity contribution in [1.29, 1.82) is 0 Å². The van der Waals surface area contributed by atoms with E-state index in [1.165, 1.54) is 0 Å². The summed E-state index contributed by atoms with van der Waals surface area (Å²) >= 11 is 0. The second-order valence-electron chi connectivity index (χ2n) is 6.08.